The van der Waals surface area contributed by atoms with Gasteiger partial charge in [-0.1, -0.05) is 31.5 Å². The van der Waals surface area contributed by atoms with Crippen molar-refractivity contribution in [2.24, 2.45) is 0 Å². The molecule has 4 nitrogen and oxygen atoms in total. The standard InChI is InChI=1S/C12H19ClN2O2S/c1-4-14-9-10-6-7-11(8-12(10)13)18(16,17)15(3)5-2/h6-8,14H,4-5,9H2,1-3H3. The molecule has 1 rings (SSSR count). The van der Waals surface area contributed by atoms with Gasteiger partial charge in [0.15, 0.2) is 0 Å². The number of hydrogen-bond acceptors (Lipinski definition) is 3. The molecule has 0 spiro atoms. The van der Waals surface area contributed by atoms with Crippen LogP contribution in [0.25, 0.3) is 0 Å². The zero-order chi connectivity index (χ0) is 13.8. The zero-order valence-corrected chi connectivity index (χ0v) is 12.5. The molecule has 102 valence electrons. The van der Waals surface area contributed by atoms with Gasteiger partial charge in [-0.05, 0) is 24.2 Å². The SMILES string of the molecule is CCNCc1ccc(S(=O)(=O)N(C)CC)cc1Cl. The van der Waals surface area contributed by atoms with Gasteiger partial charge in [0.1, 0.15) is 0 Å². The molecule has 0 aromatic heterocycles. The summed E-state index contributed by atoms with van der Waals surface area (Å²) in [6.45, 7) is 5.70. The van der Waals surface area contributed by atoms with E-state index < -0.39 is 10.0 Å². The maximum Gasteiger partial charge on any atom is 0.242 e. The summed E-state index contributed by atoms with van der Waals surface area (Å²) in [5.41, 5.74) is 0.900. The molecule has 0 aliphatic rings. The number of benzene rings is 1. The summed E-state index contributed by atoms with van der Waals surface area (Å²) in [7, 11) is -1.87. The van der Waals surface area contributed by atoms with Gasteiger partial charge in [0.2, 0.25) is 10.0 Å². The molecule has 6 heteroatoms. The quantitative estimate of drug-likeness (QED) is 0.873. The van der Waals surface area contributed by atoms with Crippen LogP contribution in [0.3, 0.4) is 0 Å². The van der Waals surface area contributed by atoms with E-state index in [1.54, 1.807) is 26.1 Å². The van der Waals surface area contributed by atoms with Gasteiger partial charge in [-0.3, -0.25) is 0 Å². The zero-order valence-electron chi connectivity index (χ0n) is 10.9. The van der Waals surface area contributed by atoms with E-state index in [4.69, 9.17) is 11.6 Å². The Morgan fingerprint density at radius 3 is 2.50 bits per heavy atom. The summed E-state index contributed by atoms with van der Waals surface area (Å²) in [5, 5.41) is 3.63. The lowest BCUT2D eigenvalue weighted by atomic mass is 10.2. The van der Waals surface area contributed by atoms with Gasteiger partial charge >= 0.3 is 0 Å². The highest BCUT2D eigenvalue weighted by atomic mass is 35.5. The second kappa shape index (κ2) is 6.52. The molecule has 0 heterocycles. The molecule has 0 bridgehead atoms. The number of nitrogens with one attached hydrogen (secondary N) is 1. The summed E-state index contributed by atoms with van der Waals surface area (Å²) in [6.07, 6.45) is 0. The van der Waals surface area contributed by atoms with E-state index in [-0.39, 0.29) is 4.90 Å². The van der Waals surface area contributed by atoms with E-state index in [1.165, 1.54) is 10.4 Å². The molecule has 0 aliphatic heterocycles. The van der Waals surface area contributed by atoms with Crippen LogP contribution in [0.5, 0.6) is 0 Å². The largest absolute Gasteiger partial charge is 0.313 e. The minimum atomic E-state index is -3.42. The highest BCUT2D eigenvalue weighted by Gasteiger charge is 2.19. The van der Waals surface area contributed by atoms with Gasteiger partial charge in [-0.25, -0.2) is 12.7 Å². The van der Waals surface area contributed by atoms with Crippen LogP contribution in [0.15, 0.2) is 23.1 Å². The van der Waals surface area contributed by atoms with Crippen molar-refractivity contribution < 1.29 is 8.42 Å². The van der Waals surface area contributed by atoms with Crippen LogP contribution in [0, 0.1) is 0 Å². The first kappa shape index (κ1) is 15.4. The van der Waals surface area contributed by atoms with E-state index in [0.717, 1.165) is 12.1 Å². The topological polar surface area (TPSA) is 49.4 Å². The lowest BCUT2D eigenvalue weighted by Crippen LogP contribution is -2.26. The monoisotopic (exact) mass is 290 g/mol. The van der Waals surface area contributed by atoms with Crippen LogP contribution < -0.4 is 5.32 Å². The Balaban J connectivity index is 3.04. The van der Waals surface area contributed by atoms with Gasteiger partial charge in [-0.15, -0.1) is 0 Å². The summed E-state index contributed by atoms with van der Waals surface area (Å²) in [4.78, 5) is 0.233. The molecule has 0 radical (unpaired) electrons. The first-order valence-corrected chi connectivity index (χ1v) is 7.70. The third-order valence-electron chi connectivity index (χ3n) is 2.74. The molecule has 0 fully saturated rings. The number of sulfonamides is 1. The number of hydrogen-bond donors (Lipinski definition) is 1. The summed E-state index contributed by atoms with van der Waals surface area (Å²) < 4.78 is 25.5. The molecule has 1 aromatic rings. The van der Waals surface area contributed by atoms with E-state index in [0.29, 0.717) is 18.1 Å². The smallest absolute Gasteiger partial charge is 0.242 e. The minimum absolute atomic E-state index is 0.233. The van der Waals surface area contributed by atoms with Crippen molar-refractivity contribution in [3.8, 4) is 0 Å². The Hall–Kier alpha value is -0.620. The van der Waals surface area contributed by atoms with Crippen LogP contribution in [-0.4, -0.2) is 32.9 Å². The molecule has 0 amide bonds. The molecular formula is C12H19ClN2O2S. The lowest BCUT2D eigenvalue weighted by molar-refractivity contribution is 0.486. The van der Waals surface area contributed by atoms with Gasteiger partial charge in [0.25, 0.3) is 0 Å². The number of rotatable bonds is 6. The van der Waals surface area contributed by atoms with Gasteiger partial charge in [0.05, 0.1) is 4.90 Å². The Morgan fingerprint density at radius 1 is 1.33 bits per heavy atom. The first-order valence-electron chi connectivity index (χ1n) is 5.89. The Kier molecular flexibility index (Phi) is 5.59. The number of nitrogens with zero attached hydrogens (tertiary/aromatic N) is 1. The Morgan fingerprint density at radius 2 is 2.00 bits per heavy atom. The fourth-order valence-electron chi connectivity index (χ4n) is 1.44. The van der Waals surface area contributed by atoms with Crippen LogP contribution in [0.4, 0.5) is 0 Å². The van der Waals surface area contributed by atoms with Crippen molar-refractivity contribution in [1.29, 1.82) is 0 Å². The maximum atomic E-state index is 12.1. The van der Waals surface area contributed by atoms with Gasteiger partial charge < -0.3 is 5.32 Å². The average molecular weight is 291 g/mol. The Bertz CT molecular complexity index is 503. The average Bonchev–Trinajstić information content (AvgIpc) is 2.36. The third kappa shape index (κ3) is 3.45. The molecule has 0 saturated heterocycles. The van der Waals surface area contributed by atoms with Crippen molar-refractivity contribution in [3.63, 3.8) is 0 Å². The van der Waals surface area contributed by atoms with Crippen LogP contribution >= 0.6 is 11.6 Å². The maximum absolute atomic E-state index is 12.1. The highest BCUT2D eigenvalue weighted by molar-refractivity contribution is 7.89. The highest BCUT2D eigenvalue weighted by Crippen LogP contribution is 2.22. The van der Waals surface area contributed by atoms with Crippen molar-refractivity contribution in [2.45, 2.75) is 25.3 Å². The van der Waals surface area contributed by atoms with E-state index in [2.05, 4.69) is 5.32 Å². The summed E-state index contributed by atoms with van der Waals surface area (Å²) in [6, 6.07) is 4.86. The lowest BCUT2D eigenvalue weighted by Gasteiger charge is -2.15. The van der Waals surface area contributed by atoms with Gasteiger partial charge in [-0.2, -0.15) is 0 Å². The fraction of sp³-hybridized carbons (Fsp3) is 0.500. The third-order valence-corrected chi connectivity index (χ3v) is 5.02. The molecular weight excluding hydrogens is 272 g/mol. The van der Waals surface area contributed by atoms with Crippen molar-refractivity contribution in [1.82, 2.24) is 9.62 Å². The summed E-state index contributed by atoms with van der Waals surface area (Å²) in [5.74, 6) is 0. The predicted molar refractivity (Wildman–Crippen MR) is 74.3 cm³/mol. The van der Waals surface area contributed by atoms with E-state index in [9.17, 15) is 8.42 Å². The van der Waals surface area contributed by atoms with Crippen molar-refractivity contribution in [2.75, 3.05) is 20.1 Å². The fourth-order valence-corrected chi connectivity index (χ4v) is 2.96. The minimum Gasteiger partial charge on any atom is -0.313 e. The molecule has 18 heavy (non-hydrogen) atoms. The molecule has 0 atom stereocenters. The molecule has 0 unspecified atom stereocenters. The molecule has 1 aromatic carbocycles. The van der Waals surface area contributed by atoms with Crippen LogP contribution in [0.1, 0.15) is 19.4 Å². The predicted octanol–water partition coefficient (Wildman–Crippen LogP) is 2.09. The van der Waals surface area contributed by atoms with E-state index >= 15 is 0 Å². The molecule has 1 N–H and O–H groups in total. The summed E-state index contributed by atoms with van der Waals surface area (Å²) >= 11 is 6.10. The molecule has 0 aliphatic carbocycles. The van der Waals surface area contributed by atoms with Crippen LogP contribution in [0.2, 0.25) is 5.02 Å². The van der Waals surface area contributed by atoms with Crippen molar-refractivity contribution in [3.05, 3.63) is 28.8 Å². The number of halogens is 1. The van der Waals surface area contributed by atoms with Gasteiger partial charge in [0, 0.05) is 25.2 Å². The van der Waals surface area contributed by atoms with Crippen molar-refractivity contribution >= 4 is 21.6 Å². The van der Waals surface area contributed by atoms with Crippen LogP contribution in [-0.2, 0) is 16.6 Å². The second-order valence-corrected chi connectivity index (χ2v) is 6.40. The normalized spacial score (nSPS) is 12.1. The van der Waals surface area contributed by atoms with E-state index in [1.807, 2.05) is 6.92 Å². The first-order chi connectivity index (χ1) is 8.43. The Labute approximate surface area is 114 Å². The second-order valence-electron chi connectivity index (χ2n) is 3.95. The molecule has 0 saturated carbocycles.